The van der Waals surface area contributed by atoms with Crippen molar-refractivity contribution in [2.75, 3.05) is 33.2 Å². The van der Waals surface area contributed by atoms with E-state index >= 15 is 0 Å². The van der Waals surface area contributed by atoms with Gasteiger partial charge >= 0.3 is 0 Å². The van der Waals surface area contributed by atoms with Crippen LogP contribution in [0.15, 0.2) is 28.8 Å². The number of para-hydroxylation sites is 1. The normalized spacial score (nSPS) is 17.4. The fraction of sp³-hybridized carbons (Fsp3) is 0.467. The summed E-state index contributed by atoms with van der Waals surface area (Å²) in [6.45, 7) is 3.62. The van der Waals surface area contributed by atoms with Gasteiger partial charge in [0, 0.05) is 25.0 Å². The van der Waals surface area contributed by atoms with Crippen LogP contribution in [-0.2, 0) is 11.2 Å². The third-order valence-corrected chi connectivity index (χ3v) is 3.84. The van der Waals surface area contributed by atoms with Gasteiger partial charge in [0.05, 0.1) is 6.42 Å². The molecule has 0 bridgehead atoms. The van der Waals surface area contributed by atoms with E-state index in [4.69, 9.17) is 4.52 Å². The molecule has 2 heterocycles. The maximum atomic E-state index is 12.4. The zero-order valence-electron chi connectivity index (χ0n) is 11.7. The molecular formula is C15H19N3O2. The Kier molecular flexibility index (Phi) is 3.69. The van der Waals surface area contributed by atoms with Crippen LogP contribution in [0.1, 0.15) is 12.1 Å². The SMILES string of the molecule is CN1CCCN(C(=O)Cc2noc3ccccc23)CC1. The van der Waals surface area contributed by atoms with E-state index < -0.39 is 0 Å². The van der Waals surface area contributed by atoms with Gasteiger partial charge in [-0.05, 0) is 32.1 Å². The van der Waals surface area contributed by atoms with E-state index in [9.17, 15) is 4.79 Å². The van der Waals surface area contributed by atoms with Gasteiger partial charge in [-0.3, -0.25) is 4.79 Å². The second kappa shape index (κ2) is 5.63. The molecule has 5 nitrogen and oxygen atoms in total. The Morgan fingerprint density at radius 2 is 2.10 bits per heavy atom. The number of likely N-dealkylation sites (N-methyl/N-ethyl adjacent to an activating group) is 1. The number of hydrogen-bond acceptors (Lipinski definition) is 4. The van der Waals surface area contributed by atoms with E-state index in [2.05, 4.69) is 17.1 Å². The van der Waals surface area contributed by atoms with Crippen molar-refractivity contribution in [1.29, 1.82) is 0 Å². The molecule has 20 heavy (non-hydrogen) atoms. The molecule has 0 N–H and O–H groups in total. The average molecular weight is 273 g/mol. The van der Waals surface area contributed by atoms with Crippen LogP contribution in [0, 0.1) is 0 Å². The summed E-state index contributed by atoms with van der Waals surface area (Å²) in [7, 11) is 2.10. The molecule has 2 aromatic rings. The van der Waals surface area contributed by atoms with Crippen LogP contribution in [-0.4, -0.2) is 54.1 Å². The molecule has 0 radical (unpaired) electrons. The van der Waals surface area contributed by atoms with Crippen molar-refractivity contribution < 1.29 is 9.32 Å². The van der Waals surface area contributed by atoms with Crippen molar-refractivity contribution in [1.82, 2.24) is 15.0 Å². The van der Waals surface area contributed by atoms with E-state index in [0.29, 0.717) is 6.42 Å². The second-order valence-corrected chi connectivity index (χ2v) is 5.34. The lowest BCUT2D eigenvalue weighted by molar-refractivity contribution is -0.130. The maximum Gasteiger partial charge on any atom is 0.228 e. The zero-order valence-corrected chi connectivity index (χ0v) is 11.7. The number of carbonyl (C=O) groups excluding carboxylic acids is 1. The highest BCUT2D eigenvalue weighted by Crippen LogP contribution is 2.18. The summed E-state index contributed by atoms with van der Waals surface area (Å²) < 4.78 is 5.25. The molecule has 0 atom stereocenters. The van der Waals surface area contributed by atoms with Crippen LogP contribution >= 0.6 is 0 Å². The first-order chi connectivity index (χ1) is 9.74. The van der Waals surface area contributed by atoms with Crippen LogP contribution in [0.4, 0.5) is 0 Å². The van der Waals surface area contributed by atoms with Gasteiger partial charge in [-0.25, -0.2) is 0 Å². The molecule has 1 aromatic carbocycles. The van der Waals surface area contributed by atoms with E-state index in [-0.39, 0.29) is 5.91 Å². The van der Waals surface area contributed by atoms with Gasteiger partial charge in [-0.1, -0.05) is 17.3 Å². The Morgan fingerprint density at radius 3 is 3.00 bits per heavy atom. The van der Waals surface area contributed by atoms with Crippen LogP contribution < -0.4 is 0 Å². The Balaban J connectivity index is 1.72. The number of amides is 1. The Hall–Kier alpha value is -1.88. The predicted molar refractivity (Wildman–Crippen MR) is 76.4 cm³/mol. The first-order valence-electron chi connectivity index (χ1n) is 7.03. The summed E-state index contributed by atoms with van der Waals surface area (Å²) in [4.78, 5) is 16.6. The molecule has 106 valence electrons. The molecule has 0 aliphatic carbocycles. The fourth-order valence-corrected chi connectivity index (χ4v) is 2.62. The van der Waals surface area contributed by atoms with Crippen molar-refractivity contribution in [3.8, 4) is 0 Å². The van der Waals surface area contributed by atoms with Gasteiger partial charge in [0.25, 0.3) is 0 Å². The summed E-state index contributed by atoms with van der Waals surface area (Å²) in [5, 5.41) is 4.97. The van der Waals surface area contributed by atoms with Crippen LogP contribution in [0.5, 0.6) is 0 Å². The van der Waals surface area contributed by atoms with E-state index in [1.807, 2.05) is 29.2 Å². The lowest BCUT2D eigenvalue weighted by atomic mass is 10.1. The third kappa shape index (κ3) is 2.67. The number of aromatic nitrogens is 1. The monoisotopic (exact) mass is 273 g/mol. The third-order valence-electron chi connectivity index (χ3n) is 3.84. The summed E-state index contributed by atoms with van der Waals surface area (Å²) in [6.07, 6.45) is 1.35. The number of benzene rings is 1. The Labute approximate surface area is 118 Å². The molecule has 0 unspecified atom stereocenters. The zero-order chi connectivity index (χ0) is 13.9. The smallest absolute Gasteiger partial charge is 0.228 e. The minimum Gasteiger partial charge on any atom is -0.356 e. The van der Waals surface area contributed by atoms with Gasteiger partial charge in [-0.2, -0.15) is 0 Å². The topological polar surface area (TPSA) is 49.6 Å². The summed E-state index contributed by atoms with van der Waals surface area (Å²) in [5.74, 6) is 0.138. The van der Waals surface area contributed by atoms with Crippen LogP contribution in [0.2, 0.25) is 0 Å². The molecule has 1 aliphatic rings. The fourth-order valence-electron chi connectivity index (χ4n) is 2.62. The number of rotatable bonds is 2. The van der Waals surface area contributed by atoms with Gasteiger partial charge in [-0.15, -0.1) is 0 Å². The van der Waals surface area contributed by atoms with Crippen molar-refractivity contribution >= 4 is 16.9 Å². The van der Waals surface area contributed by atoms with Crippen molar-refractivity contribution in [3.05, 3.63) is 30.0 Å². The maximum absolute atomic E-state index is 12.4. The largest absolute Gasteiger partial charge is 0.356 e. The molecule has 1 aliphatic heterocycles. The quantitative estimate of drug-likeness (QED) is 0.832. The van der Waals surface area contributed by atoms with Gasteiger partial charge in [0.15, 0.2) is 5.58 Å². The number of nitrogens with zero attached hydrogens (tertiary/aromatic N) is 3. The van der Waals surface area contributed by atoms with Crippen LogP contribution in [0.3, 0.4) is 0 Å². The number of hydrogen-bond donors (Lipinski definition) is 0. The van der Waals surface area contributed by atoms with Gasteiger partial charge in [0.1, 0.15) is 5.69 Å². The molecule has 3 rings (SSSR count). The second-order valence-electron chi connectivity index (χ2n) is 5.34. The first kappa shape index (κ1) is 13.1. The number of carbonyl (C=O) groups is 1. The van der Waals surface area contributed by atoms with E-state index in [0.717, 1.165) is 49.3 Å². The van der Waals surface area contributed by atoms with Gasteiger partial charge in [0.2, 0.25) is 5.91 Å². The molecular weight excluding hydrogens is 254 g/mol. The summed E-state index contributed by atoms with van der Waals surface area (Å²) >= 11 is 0. The van der Waals surface area contributed by atoms with Crippen molar-refractivity contribution in [2.24, 2.45) is 0 Å². The molecule has 1 aromatic heterocycles. The average Bonchev–Trinajstić information content (AvgIpc) is 2.72. The van der Waals surface area contributed by atoms with Crippen molar-refractivity contribution in [2.45, 2.75) is 12.8 Å². The minimum absolute atomic E-state index is 0.138. The van der Waals surface area contributed by atoms with Crippen LogP contribution in [0.25, 0.3) is 11.0 Å². The Morgan fingerprint density at radius 1 is 1.25 bits per heavy atom. The highest BCUT2D eigenvalue weighted by Gasteiger charge is 2.20. The predicted octanol–water partition coefficient (Wildman–Crippen LogP) is 1.53. The molecule has 1 saturated heterocycles. The summed E-state index contributed by atoms with van der Waals surface area (Å²) in [5.41, 5.74) is 1.48. The highest BCUT2D eigenvalue weighted by molar-refractivity contribution is 5.86. The van der Waals surface area contributed by atoms with E-state index in [1.165, 1.54) is 0 Å². The van der Waals surface area contributed by atoms with Gasteiger partial charge < -0.3 is 14.3 Å². The molecule has 5 heteroatoms. The Bertz CT molecular complexity index is 608. The van der Waals surface area contributed by atoms with Crippen molar-refractivity contribution in [3.63, 3.8) is 0 Å². The number of fused-ring (bicyclic) bond motifs is 1. The van der Waals surface area contributed by atoms with E-state index in [1.54, 1.807) is 0 Å². The molecule has 0 spiro atoms. The molecule has 0 saturated carbocycles. The standard InChI is InChI=1S/C15H19N3O2/c1-17-7-4-8-18(10-9-17)15(19)11-13-12-5-2-3-6-14(12)20-16-13/h2-3,5-6H,4,7-11H2,1H3. The first-order valence-corrected chi connectivity index (χ1v) is 7.03. The summed E-state index contributed by atoms with van der Waals surface area (Å²) in [6, 6.07) is 7.67. The highest BCUT2D eigenvalue weighted by atomic mass is 16.5. The minimum atomic E-state index is 0.138. The molecule has 1 fully saturated rings. The lowest BCUT2D eigenvalue weighted by Crippen LogP contribution is -2.35. The molecule has 1 amide bonds. The lowest BCUT2D eigenvalue weighted by Gasteiger charge is -2.20.